The Kier molecular flexibility index (Phi) is 9.86. The molecule has 0 saturated carbocycles. The molecule has 0 aromatic rings. The van der Waals surface area contributed by atoms with Gasteiger partial charge >= 0.3 is 15.6 Å². The first-order valence-electron chi connectivity index (χ1n) is 5.09. The van der Waals surface area contributed by atoms with Gasteiger partial charge in [-0.05, 0) is 39.3 Å². The average Bonchev–Trinajstić information content (AvgIpc) is 1.97. The molecule has 0 spiro atoms. The summed E-state index contributed by atoms with van der Waals surface area (Å²) in [6.45, 7) is 10.6. The number of rotatable bonds is 3. The zero-order valence-electron chi connectivity index (χ0n) is 11.7. The lowest BCUT2D eigenvalue weighted by Gasteiger charge is -2.17. The van der Waals surface area contributed by atoms with Crippen molar-refractivity contribution in [3.05, 3.63) is 0 Å². The lowest BCUT2D eigenvalue weighted by molar-refractivity contribution is -0.0503. The highest BCUT2D eigenvalue weighted by Gasteiger charge is 2.49. The van der Waals surface area contributed by atoms with E-state index in [1.165, 1.54) is 19.6 Å². The first kappa shape index (κ1) is 24.1. The van der Waals surface area contributed by atoms with Crippen molar-refractivity contribution in [2.75, 3.05) is 7.11 Å². The predicted molar refractivity (Wildman–Crippen MR) is 76.5 cm³/mol. The third-order valence-electron chi connectivity index (χ3n) is 1.26. The van der Waals surface area contributed by atoms with Crippen molar-refractivity contribution in [2.45, 2.75) is 52.2 Å². The Morgan fingerprint density at radius 1 is 0.895 bits per heavy atom. The fourth-order valence-corrected chi connectivity index (χ4v) is 3.39. The third kappa shape index (κ3) is 14.3. The van der Waals surface area contributed by atoms with Crippen LogP contribution >= 0.6 is 0 Å². The normalized spacial score (nSPS) is 13.2. The Morgan fingerprint density at radius 2 is 1.16 bits per heavy atom. The second kappa shape index (κ2) is 7.76. The molecule has 0 aliphatic heterocycles. The number of hydrogen-bond acceptors (Lipinski definition) is 4. The van der Waals surface area contributed by atoms with Crippen LogP contribution < -0.4 is 0 Å². The van der Waals surface area contributed by atoms with Gasteiger partial charge in [0.25, 0.3) is 0 Å². The molecule has 0 aliphatic rings. The van der Waals surface area contributed by atoms with Crippen molar-refractivity contribution in [1.29, 1.82) is 0 Å². The third-order valence-corrected chi connectivity index (χ3v) is 5.92. The van der Waals surface area contributed by atoms with Crippen molar-refractivity contribution in [2.24, 2.45) is 0 Å². The maximum atomic E-state index is 11.7. The Labute approximate surface area is 116 Å². The highest BCUT2D eigenvalue weighted by atomic mass is 32.2. The minimum atomic E-state index is -5.39. The topological polar surface area (TPSA) is 52.6 Å². The second-order valence-electron chi connectivity index (χ2n) is 5.41. The molecule has 0 unspecified atom stereocenters. The van der Waals surface area contributed by atoms with E-state index >= 15 is 0 Å². The average molecular weight is 343 g/mol. The SMILES string of the molecule is C.CO[Si](C)(C)C.C[Si](C)(C)OS(=O)(=O)C(F)(F)F. The van der Waals surface area contributed by atoms with Crippen LogP contribution in [0.1, 0.15) is 7.43 Å². The molecule has 0 atom stereocenters. The minimum Gasteiger partial charge on any atom is -0.421 e. The molecule has 0 aromatic carbocycles. The van der Waals surface area contributed by atoms with Gasteiger partial charge in [-0.1, -0.05) is 7.43 Å². The standard InChI is InChI=1S/C4H9F3O3SSi.C4H12OSi.CH4/c1-12(2,3)10-11(8,9)4(5,6)7;1-5-6(2,3)4;/h1-3H3;1-4H3;1H4. The van der Waals surface area contributed by atoms with E-state index in [1.54, 1.807) is 7.11 Å². The molecule has 120 valence electrons. The van der Waals surface area contributed by atoms with E-state index in [2.05, 4.69) is 23.5 Å². The van der Waals surface area contributed by atoms with Crippen LogP contribution in [0.3, 0.4) is 0 Å². The van der Waals surface area contributed by atoms with Crippen molar-refractivity contribution in [3.63, 3.8) is 0 Å². The summed E-state index contributed by atoms with van der Waals surface area (Å²) in [6, 6.07) is 0. The van der Waals surface area contributed by atoms with Crippen LogP contribution in [0.15, 0.2) is 0 Å². The predicted octanol–water partition coefficient (Wildman–Crippen LogP) is 3.79. The fraction of sp³-hybridized carbons (Fsp3) is 1.00. The van der Waals surface area contributed by atoms with Crippen LogP contribution in [-0.4, -0.2) is 37.7 Å². The summed E-state index contributed by atoms with van der Waals surface area (Å²) in [5.74, 6) is 0. The van der Waals surface area contributed by atoms with Gasteiger partial charge in [0.15, 0.2) is 8.32 Å². The van der Waals surface area contributed by atoms with Gasteiger partial charge in [0.2, 0.25) is 8.32 Å². The summed E-state index contributed by atoms with van der Waals surface area (Å²) < 4.78 is 64.8. The van der Waals surface area contributed by atoms with Crippen LogP contribution in [-0.2, 0) is 18.4 Å². The Balaban J connectivity index is -0.000000313. The van der Waals surface area contributed by atoms with E-state index in [9.17, 15) is 21.6 Å². The molecular weight excluding hydrogens is 317 g/mol. The van der Waals surface area contributed by atoms with E-state index in [4.69, 9.17) is 4.43 Å². The molecule has 0 amide bonds. The number of hydrogen-bond donors (Lipinski definition) is 0. The van der Waals surface area contributed by atoms with Crippen molar-refractivity contribution in [1.82, 2.24) is 0 Å². The molecule has 0 bridgehead atoms. The van der Waals surface area contributed by atoms with Gasteiger partial charge in [-0.25, -0.2) is 0 Å². The molecule has 0 rings (SSSR count). The Hall–Kier alpha value is 0.0938. The first-order chi connectivity index (χ1) is 7.52. The molecule has 4 nitrogen and oxygen atoms in total. The van der Waals surface area contributed by atoms with Gasteiger partial charge in [-0.3, -0.25) is 0 Å². The molecule has 0 N–H and O–H groups in total. The van der Waals surface area contributed by atoms with Crippen molar-refractivity contribution >= 4 is 26.8 Å². The molecule has 0 saturated heterocycles. The van der Waals surface area contributed by atoms with Crippen LogP contribution in [0, 0.1) is 0 Å². The summed E-state index contributed by atoms with van der Waals surface area (Å²) in [7, 11) is -7.47. The van der Waals surface area contributed by atoms with Crippen LogP contribution in [0.2, 0.25) is 39.3 Å². The molecule has 0 heterocycles. The first-order valence-corrected chi connectivity index (χ1v) is 13.3. The summed E-state index contributed by atoms with van der Waals surface area (Å²) in [5, 5.41) is 0. The molecule has 10 heteroatoms. The Bertz CT molecular complexity index is 342. The van der Waals surface area contributed by atoms with Gasteiger partial charge in [-0.15, -0.1) is 0 Å². The van der Waals surface area contributed by atoms with Gasteiger partial charge in [0, 0.05) is 7.11 Å². The molecule has 0 aliphatic carbocycles. The Morgan fingerprint density at radius 3 is 1.21 bits per heavy atom. The lowest BCUT2D eigenvalue weighted by Crippen LogP contribution is -2.36. The van der Waals surface area contributed by atoms with E-state index < -0.39 is 32.3 Å². The summed E-state index contributed by atoms with van der Waals surface area (Å²) in [5.41, 5.74) is -5.31. The van der Waals surface area contributed by atoms with Crippen molar-refractivity contribution < 1.29 is 29.9 Å². The summed E-state index contributed by atoms with van der Waals surface area (Å²) >= 11 is 0. The van der Waals surface area contributed by atoms with Gasteiger partial charge in [0.1, 0.15) is 0 Å². The number of halogens is 3. The van der Waals surface area contributed by atoms with E-state index in [-0.39, 0.29) is 7.43 Å². The van der Waals surface area contributed by atoms with Crippen LogP contribution in [0.4, 0.5) is 13.2 Å². The van der Waals surface area contributed by atoms with E-state index in [1.807, 2.05) is 0 Å². The molecular formula is C9H25F3O4SSi2. The summed E-state index contributed by atoms with van der Waals surface area (Å²) in [4.78, 5) is 0. The molecule has 0 aromatic heterocycles. The fourth-order valence-electron chi connectivity index (χ4n) is 0.376. The highest BCUT2D eigenvalue weighted by molar-refractivity contribution is 7.88. The maximum absolute atomic E-state index is 11.7. The van der Waals surface area contributed by atoms with Gasteiger partial charge < -0.3 is 8.30 Å². The summed E-state index contributed by atoms with van der Waals surface area (Å²) in [6.07, 6.45) is 0. The molecule has 0 fully saturated rings. The zero-order chi connectivity index (χ0) is 15.4. The minimum absolute atomic E-state index is 0. The monoisotopic (exact) mass is 342 g/mol. The lowest BCUT2D eigenvalue weighted by atomic mass is 11.6. The molecule has 0 radical (unpaired) electrons. The quantitative estimate of drug-likeness (QED) is 0.578. The van der Waals surface area contributed by atoms with Gasteiger partial charge in [0.05, 0.1) is 0 Å². The second-order valence-corrected chi connectivity index (χ2v) is 16.3. The van der Waals surface area contributed by atoms with E-state index in [0.717, 1.165) is 0 Å². The van der Waals surface area contributed by atoms with Gasteiger partial charge in [-0.2, -0.15) is 21.6 Å². The highest BCUT2D eigenvalue weighted by Crippen LogP contribution is 2.27. The van der Waals surface area contributed by atoms with E-state index in [0.29, 0.717) is 0 Å². The zero-order valence-corrected chi connectivity index (χ0v) is 14.5. The van der Waals surface area contributed by atoms with Crippen LogP contribution in [0.5, 0.6) is 0 Å². The maximum Gasteiger partial charge on any atom is 0.522 e. The largest absolute Gasteiger partial charge is 0.522 e. The number of alkyl halides is 3. The molecule has 19 heavy (non-hydrogen) atoms. The smallest absolute Gasteiger partial charge is 0.421 e. The van der Waals surface area contributed by atoms with Crippen LogP contribution in [0.25, 0.3) is 0 Å². The van der Waals surface area contributed by atoms with Crippen molar-refractivity contribution in [3.8, 4) is 0 Å².